The maximum atomic E-state index is 12.1. The van der Waals surface area contributed by atoms with Gasteiger partial charge >= 0.3 is 6.03 Å². The zero-order valence-electron chi connectivity index (χ0n) is 14.5. The molecule has 2 aromatic carbocycles. The zero-order chi connectivity index (χ0) is 19.2. The van der Waals surface area contributed by atoms with Crippen molar-refractivity contribution in [3.63, 3.8) is 0 Å². The summed E-state index contributed by atoms with van der Waals surface area (Å²) in [6.45, 7) is 1.98. The fraction of sp³-hybridized carbons (Fsp3) is 0.105. The summed E-state index contributed by atoms with van der Waals surface area (Å²) in [6.07, 6.45) is 0.111. The van der Waals surface area contributed by atoms with Crippen LogP contribution in [0.4, 0.5) is 21.3 Å². The molecule has 0 aliphatic heterocycles. The molecule has 0 atom stereocenters. The number of anilines is 3. The summed E-state index contributed by atoms with van der Waals surface area (Å²) in [7, 11) is 0. The minimum atomic E-state index is -0.384. The van der Waals surface area contributed by atoms with Gasteiger partial charge < -0.3 is 10.6 Å². The average molecular weight is 401 g/mol. The maximum Gasteiger partial charge on any atom is 0.325 e. The Morgan fingerprint density at radius 1 is 0.963 bits per heavy atom. The van der Waals surface area contributed by atoms with Gasteiger partial charge in [0.05, 0.1) is 12.1 Å². The lowest BCUT2D eigenvalue weighted by Crippen LogP contribution is -2.19. The number of aromatic nitrogens is 1. The predicted molar refractivity (Wildman–Crippen MR) is 110 cm³/mol. The number of thiazole rings is 1. The predicted octanol–water partition coefficient (Wildman–Crippen LogP) is 4.93. The van der Waals surface area contributed by atoms with Crippen molar-refractivity contribution in [1.82, 2.24) is 4.98 Å². The summed E-state index contributed by atoms with van der Waals surface area (Å²) in [5.41, 5.74) is 3.05. The molecule has 0 fully saturated rings. The van der Waals surface area contributed by atoms with Crippen LogP contribution in [-0.2, 0) is 11.2 Å². The van der Waals surface area contributed by atoms with Gasteiger partial charge in [0.15, 0.2) is 5.13 Å². The minimum Gasteiger partial charge on any atom is -0.326 e. The van der Waals surface area contributed by atoms with Gasteiger partial charge in [0.1, 0.15) is 0 Å². The third-order valence-corrected chi connectivity index (χ3v) is 4.61. The number of nitrogens with one attached hydrogen (secondary N) is 3. The van der Waals surface area contributed by atoms with Crippen molar-refractivity contribution in [2.24, 2.45) is 0 Å². The van der Waals surface area contributed by atoms with Crippen molar-refractivity contribution in [1.29, 1.82) is 0 Å². The molecule has 27 heavy (non-hydrogen) atoms. The monoisotopic (exact) mass is 400 g/mol. The van der Waals surface area contributed by atoms with Crippen LogP contribution in [-0.4, -0.2) is 16.9 Å². The van der Waals surface area contributed by atoms with Gasteiger partial charge in [-0.3, -0.25) is 10.1 Å². The van der Waals surface area contributed by atoms with Gasteiger partial charge in [-0.15, -0.1) is 11.3 Å². The normalized spacial score (nSPS) is 10.3. The number of nitrogens with zero attached hydrogens (tertiary/aromatic N) is 1. The molecular formula is C19H17ClN4O2S. The van der Waals surface area contributed by atoms with Gasteiger partial charge in [0.25, 0.3) is 0 Å². The molecular weight excluding hydrogens is 384 g/mol. The second-order valence-electron chi connectivity index (χ2n) is 5.82. The maximum absolute atomic E-state index is 12.1. The van der Waals surface area contributed by atoms with Crippen molar-refractivity contribution in [3.8, 4) is 0 Å². The van der Waals surface area contributed by atoms with Crippen LogP contribution in [0.5, 0.6) is 0 Å². The summed E-state index contributed by atoms with van der Waals surface area (Å²) in [6, 6.07) is 13.9. The van der Waals surface area contributed by atoms with Crippen LogP contribution in [0.3, 0.4) is 0 Å². The van der Waals surface area contributed by atoms with Gasteiger partial charge in [0.2, 0.25) is 5.91 Å². The van der Waals surface area contributed by atoms with E-state index in [0.717, 1.165) is 5.56 Å². The topological polar surface area (TPSA) is 83.1 Å². The molecule has 8 heteroatoms. The molecule has 6 nitrogen and oxygen atoms in total. The van der Waals surface area contributed by atoms with Gasteiger partial charge in [-0.2, -0.15) is 0 Å². The van der Waals surface area contributed by atoms with E-state index in [4.69, 9.17) is 11.6 Å². The lowest BCUT2D eigenvalue weighted by atomic mass is 10.2. The van der Waals surface area contributed by atoms with E-state index in [1.807, 2.05) is 31.2 Å². The number of carbonyl (C=O) groups is 2. The fourth-order valence-corrected chi connectivity index (χ4v) is 3.08. The first kappa shape index (κ1) is 18.9. The number of aryl methyl sites for hydroxylation is 1. The van der Waals surface area contributed by atoms with E-state index in [0.29, 0.717) is 27.2 Å². The van der Waals surface area contributed by atoms with E-state index in [-0.39, 0.29) is 18.4 Å². The third kappa shape index (κ3) is 5.80. The van der Waals surface area contributed by atoms with Gasteiger partial charge in [-0.05, 0) is 43.3 Å². The Morgan fingerprint density at radius 3 is 2.30 bits per heavy atom. The Kier molecular flexibility index (Phi) is 6.05. The van der Waals surface area contributed by atoms with Gasteiger partial charge in [-0.25, -0.2) is 9.78 Å². The number of hydrogen-bond donors (Lipinski definition) is 3. The molecule has 0 radical (unpaired) electrons. The Bertz CT molecular complexity index is 863. The molecule has 3 rings (SSSR count). The highest BCUT2D eigenvalue weighted by Gasteiger charge is 2.10. The molecule has 1 heterocycles. The van der Waals surface area contributed by atoms with Crippen molar-refractivity contribution >= 4 is 51.4 Å². The zero-order valence-corrected chi connectivity index (χ0v) is 16.0. The van der Waals surface area contributed by atoms with Crippen LogP contribution < -0.4 is 16.0 Å². The number of benzene rings is 2. The van der Waals surface area contributed by atoms with Gasteiger partial charge in [0, 0.05) is 21.8 Å². The number of carbonyl (C=O) groups excluding carboxylic acids is 2. The highest BCUT2D eigenvalue weighted by atomic mass is 35.5. The fourth-order valence-electron chi connectivity index (χ4n) is 2.24. The molecule has 0 saturated carbocycles. The second-order valence-corrected chi connectivity index (χ2v) is 7.12. The lowest BCUT2D eigenvalue weighted by Gasteiger charge is -2.05. The molecule has 3 aromatic rings. The second kappa shape index (κ2) is 8.66. The Labute approximate surface area is 165 Å². The minimum absolute atomic E-state index is 0.111. The van der Waals surface area contributed by atoms with E-state index in [9.17, 15) is 9.59 Å². The van der Waals surface area contributed by atoms with Crippen molar-refractivity contribution in [2.75, 3.05) is 16.0 Å². The average Bonchev–Trinajstić information content (AvgIpc) is 3.05. The summed E-state index contributed by atoms with van der Waals surface area (Å²) in [5.74, 6) is -0.196. The number of rotatable bonds is 5. The molecule has 138 valence electrons. The van der Waals surface area contributed by atoms with E-state index >= 15 is 0 Å². The Hall–Kier alpha value is -2.90. The highest BCUT2D eigenvalue weighted by Crippen LogP contribution is 2.18. The van der Waals surface area contributed by atoms with E-state index in [1.54, 1.807) is 29.6 Å². The van der Waals surface area contributed by atoms with Crippen molar-refractivity contribution < 1.29 is 9.59 Å². The standard InChI is InChI=1S/C19H17ClN4O2S/c1-12-2-6-15(7-3-12)22-18(26)24-19-23-16(11-27-19)10-17(25)21-14-8-4-13(20)5-9-14/h2-9,11H,10H2,1H3,(H,21,25)(H2,22,23,24,26). The van der Waals surface area contributed by atoms with E-state index in [2.05, 4.69) is 20.9 Å². The molecule has 0 saturated heterocycles. The summed E-state index contributed by atoms with van der Waals surface area (Å²) in [4.78, 5) is 28.4. The first-order valence-corrected chi connectivity index (χ1v) is 9.38. The van der Waals surface area contributed by atoms with Crippen LogP contribution >= 0.6 is 22.9 Å². The number of urea groups is 1. The number of amides is 3. The Morgan fingerprint density at radius 2 is 1.59 bits per heavy atom. The molecule has 0 aliphatic rings. The van der Waals surface area contributed by atoms with Crippen molar-refractivity contribution in [3.05, 3.63) is 70.2 Å². The first-order valence-electron chi connectivity index (χ1n) is 8.12. The molecule has 0 spiro atoms. The number of halogens is 1. The quantitative estimate of drug-likeness (QED) is 0.567. The SMILES string of the molecule is Cc1ccc(NC(=O)Nc2nc(CC(=O)Nc3ccc(Cl)cc3)cs2)cc1. The van der Waals surface area contributed by atoms with E-state index in [1.165, 1.54) is 11.3 Å². The largest absolute Gasteiger partial charge is 0.326 e. The van der Waals surface area contributed by atoms with Crippen molar-refractivity contribution in [2.45, 2.75) is 13.3 Å². The molecule has 3 N–H and O–H groups in total. The third-order valence-electron chi connectivity index (χ3n) is 3.55. The summed E-state index contributed by atoms with van der Waals surface area (Å²) in [5, 5.41) is 10.9. The molecule has 0 aliphatic carbocycles. The van der Waals surface area contributed by atoms with Crippen LogP contribution in [0.15, 0.2) is 53.9 Å². The van der Waals surface area contributed by atoms with Crippen LogP contribution in [0.25, 0.3) is 0 Å². The Balaban J connectivity index is 1.51. The number of hydrogen-bond acceptors (Lipinski definition) is 4. The molecule has 0 unspecified atom stereocenters. The molecule has 3 amide bonds. The summed E-state index contributed by atoms with van der Waals surface area (Å²) < 4.78 is 0. The van der Waals surface area contributed by atoms with Gasteiger partial charge in [-0.1, -0.05) is 29.3 Å². The lowest BCUT2D eigenvalue weighted by molar-refractivity contribution is -0.115. The molecule has 1 aromatic heterocycles. The smallest absolute Gasteiger partial charge is 0.325 e. The highest BCUT2D eigenvalue weighted by molar-refractivity contribution is 7.14. The molecule has 0 bridgehead atoms. The van der Waals surface area contributed by atoms with Crippen LogP contribution in [0.1, 0.15) is 11.3 Å². The van der Waals surface area contributed by atoms with E-state index < -0.39 is 0 Å². The van der Waals surface area contributed by atoms with Crippen LogP contribution in [0, 0.1) is 6.92 Å². The first-order chi connectivity index (χ1) is 13.0. The van der Waals surface area contributed by atoms with Crippen LogP contribution in [0.2, 0.25) is 5.02 Å². The summed E-state index contributed by atoms with van der Waals surface area (Å²) >= 11 is 7.08.